The van der Waals surface area contributed by atoms with Crippen LogP contribution >= 0.6 is 11.3 Å². The number of nitrogens with two attached hydrogens (primary N) is 2. The van der Waals surface area contributed by atoms with Gasteiger partial charge in [-0.05, 0) is 48.4 Å². The van der Waals surface area contributed by atoms with Crippen LogP contribution in [0.25, 0.3) is 32.7 Å². The number of benzene rings is 3. The van der Waals surface area contributed by atoms with Gasteiger partial charge in [0.1, 0.15) is 23.2 Å². The highest BCUT2D eigenvalue weighted by atomic mass is 32.1. The number of aryl methyl sites for hydroxylation is 1. The molecule has 3 amide bonds. The van der Waals surface area contributed by atoms with Crippen molar-refractivity contribution in [1.29, 1.82) is 0 Å². The maximum atomic E-state index is 12.8. The molecule has 1 aliphatic heterocycles. The summed E-state index contributed by atoms with van der Waals surface area (Å²) in [6.07, 6.45) is 2.37. The number of amides is 3. The number of nitrogens with zero attached hydrogens (tertiary/aromatic N) is 4. The zero-order valence-corrected chi connectivity index (χ0v) is 32.0. The van der Waals surface area contributed by atoms with Gasteiger partial charge in [0.05, 0.1) is 66.8 Å². The standard InChI is InChI=1S/C40H46N8O7S/c1-26-39(56-25-45-26)28-7-5-27(6-8-28)35(44-24-49)23-36(50)43-14-18-53-20-19-52-17-13-37(51)48-15-11-31(12-16-48)54-32-4-2-3-29(21-32)38-33-22-30(40(41)46-42)9-10-34(33)47-55-38/h2-10,21-22,24-25,31,35H,11-20,23,42H2,1H3,(H2,41,46)(H,43,50)(H,44,49). The first-order valence-electron chi connectivity index (χ1n) is 18.4. The number of carbonyl (C=O) groups excluding carboxylic acids is 3. The molecule has 0 bridgehead atoms. The number of hydrazone groups is 1. The van der Waals surface area contributed by atoms with Gasteiger partial charge in [-0.15, -0.1) is 11.3 Å². The predicted octanol–water partition coefficient (Wildman–Crippen LogP) is 4.29. The van der Waals surface area contributed by atoms with Gasteiger partial charge in [-0.3, -0.25) is 14.4 Å². The summed E-state index contributed by atoms with van der Waals surface area (Å²) >= 11 is 1.57. The maximum absolute atomic E-state index is 12.8. The van der Waals surface area contributed by atoms with Gasteiger partial charge in [0.15, 0.2) is 5.76 Å². The third-order valence-corrected chi connectivity index (χ3v) is 10.5. The van der Waals surface area contributed by atoms with Crippen molar-refractivity contribution in [3.63, 3.8) is 0 Å². The van der Waals surface area contributed by atoms with Crippen LogP contribution in [-0.2, 0) is 23.9 Å². The molecule has 5 aromatic rings. The zero-order chi connectivity index (χ0) is 39.3. The molecular formula is C40H46N8O7S. The van der Waals surface area contributed by atoms with Crippen molar-refractivity contribution < 1.29 is 33.1 Å². The summed E-state index contributed by atoms with van der Waals surface area (Å²) in [6.45, 7) is 4.75. The average Bonchev–Trinajstić information content (AvgIpc) is 3.86. The number of carbonyl (C=O) groups is 3. The van der Waals surface area contributed by atoms with Gasteiger partial charge in [-0.1, -0.05) is 41.6 Å². The monoisotopic (exact) mass is 782 g/mol. The van der Waals surface area contributed by atoms with Crippen molar-refractivity contribution in [3.05, 3.63) is 89.1 Å². The Hall–Kier alpha value is -5.84. The van der Waals surface area contributed by atoms with E-state index in [1.165, 1.54) is 0 Å². The Morgan fingerprint density at radius 1 is 1.04 bits per heavy atom. The number of thiazole rings is 1. The molecule has 2 aromatic heterocycles. The fraction of sp³-hybridized carbons (Fsp3) is 0.350. The molecule has 0 spiro atoms. The number of piperidine rings is 1. The number of fused-ring (bicyclic) bond motifs is 1. The molecule has 0 aliphatic carbocycles. The molecule has 16 heteroatoms. The van der Waals surface area contributed by atoms with E-state index in [1.807, 2.05) is 71.9 Å². The number of hydrogen-bond acceptors (Lipinski definition) is 12. The first kappa shape index (κ1) is 39.8. The van der Waals surface area contributed by atoms with E-state index in [-0.39, 0.29) is 36.6 Å². The number of nitrogens with one attached hydrogen (secondary N) is 2. The van der Waals surface area contributed by atoms with Gasteiger partial charge in [0, 0.05) is 43.6 Å². The third kappa shape index (κ3) is 10.5. The highest BCUT2D eigenvalue weighted by molar-refractivity contribution is 7.13. The Morgan fingerprint density at radius 3 is 2.55 bits per heavy atom. The quantitative estimate of drug-likeness (QED) is 0.0232. The van der Waals surface area contributed by atoms with Crippen LogP contribution in [0.1, 0.15) is 48.5 Å². The summed E-state index contributed by atoms with van der Waals surface area (Å²) in [5.74, 6) is 6.71. The van der Waals surface area contributed by atoms with Gasteiger partial charge in [0.2, 0.25) is 18.2 Å². The van der Waals surface area contributed by atoms with E-state index < -0.39 is 6.04 Å². The molecule has 294 valence electrons. The molecule has 1 saturated heterocycles. The first-order chi connectivity index (χ1) is 27.3. The lowest BCUT2D eigenvalue weighted by molar-refractivity contribution is -0.134. The van der Waals surface area contributed by atoms with E-state index in [4.69, 9.17) is 30.3 Å². The Balaban J connectivity index is 0.830. The number of rotatable bonds is 19. The fourth-order valence-corrected chi connectivity index (χ4v) is 7.28. The average molecular weight is 783 g/mol. The molecule has 3 heterocycles. The third-order valence-electron chi connectivity index (χ3n) is 9.49. The number of aromatic nitrogens is 2. The van der Waals surface area contributed by atoms with Crippen LogP contribution < -0.4 is 26.9 Å². The summed E-state index contributed by atoms with van der Waals surface area (Å²) in [7, 11) is 0. The molecule has 6 N–H and O–H groups in total. The topological polar surface area (TPSA) is 210 Å². The second-order valence-electron chi connectivity index (χ2n) is 13.2. The van der Waals surface area contributed by atoms with Crippen molar-refractivity contribution in [2.75, 3.05) is 46.1 Å². The van der Waals surface area contributed by atoms with Crippen LogP contribution in [0.5, 0.6) is 5.75 Å². The molecule has 1 atom stereocenters. The number of hydrogen-bond donors (Lipinski definition) is 4. The number of amidine groups is 1. The van der Waals surface area contributed by atoms with Gasteiger partial charge >= 0.3 is 0 Å². The van der Waals surface area contributed by atoms with Crippen LogP contribution in [0.4, 0.5) is 0 Å². The molecule has 15 nitrogen and oxygen atoms in total. The molecule has 3 aromatic carbocycles. The minimum absolute atomic E-state index is 0.0304. The molecule has 1 aliphatic rings. The van der Waals surface area contributed by atoms with Gasteiger partial charge in [-0.25, -0.2) is 4.98 Å². The highest BCUT2D eigenvalue weighted by Gasteiger charge is 2.24. The van der Waals surface area contributed by atoms with E-state index in [0.29, 0.717) is 87.9 Å². The van der Waals surface area contributed by atoms with Gasteiger partial charge in [0.25, 0.3) is 0 Å². The second kappa shape index (κ2) is 19.7. The normalized spacial score (nSPS) is 14.1. The van der Waals surface area contributed by atoms with Crippen LogP contribution in [0.3, 0.4) is 0 Å². The van der Waals surface area contributed by atoms with Crippen molar-refractivity contribution >= 4 is 46.3 Å². The molecule has 56 heavy (non-hydrogen) atoms. The Morgan fingerprint density at radius 2 is 1.82 bits per heavy atom. The summed E-state index contributed by atoms with van der Waals surface area (Å²) in [6, 6.07) is 20.4. The van der Waals surface area contributed by atoms with Gasteiger partial charge in [-0.2, -0.15) is 5.10 Å². The zero-order valence-electron chi connectivity index (χ0n) is 31.1. The number of likely N-dealkylation sites (tertiary alicyclic amines) is 1. The lowest BCUT2D eigenvalue weighted by atomic mass is 10.0. The minimum Gasteiger partial charge on any atom is -0.490 e. The van der Waals surface area contributed by atoms with E-state index in [9.17, 15) is 14.4 Å². The lowest BCUT2D eigenvalue weighted by Crippen LogP contribution is -2.42. The van der Waals surface area contributed by atoms with E-state index in [1.54, 1.807) is 23.5 Å². The van der Waals surface area contributed by atoms with Crippen molar-refractivity contribution in [3.8, 4) is 27.5 Å². The van der Waals surface area contributed by atoms with Gasteiger partial charge < -0.3 is 45.8 Å². The van der Waals surface area contributed by atoms with Crippen molar-refractivity contribution in [2.45, 2.75) is 44.8 Å². The summed E-state index contributed by atoms with van der Waals surface area (Å²) in [4.78, 5) is 43.9. The SMILES string of the molecule is Cc1ncsc1-c1ccc(C(CC(=O)NCCOCCOCCC(=O)N2CCC(Oc3cccc(-c4onc5ccc(/C(N)=N/N)cc45)c3)CC2)NC=O)cc1. The highest BCUT2D eigenvalue weighted by Crippen LogP contribution is 2.33. The Labute approximate surface area is 328 Å². The first-order valence-corrected chi connectivity index (χ1v) is 19.3. The van der Waals surface area contributed by atoms with E-state index >= 15 is 0 Å². The summed E-state index contributed by atoms with van der Waals surface area (Å²) in [5.41, 5.74) is 12.7. The van der Waals surface area contributed by atoms with Crippen molar-refractivity contribution in [2.24, 2.45) is 16.7 Å². The van der Waals surface area contributed by atoms with Crippen molar-refractivity contribution in [1.82, 2.24) is 25.7 Å². The maximum Gasteiger partial charge on any atom is 0.224 e. The van der Waals surface area contributed by atoms with Crippen LogP contribution in [0.2, 0.25) is 0 Å². The van der Waals surface area contributed by atoms with E-state index in [2.05, 4.69) is 25.9 Å². The molecule has 0 radical (unpaired) electrons. The second-order valence-corrected chi connectivity index (χ2v) is 14.1. The van der Waals surface area contributed by atoms with Crippen LogP contribution in [0, 0.1) is 6.92 Å². The number of ether oxygens (including phenoxy) is 3. The molecule has 1 unspecified atom stereocenters. The summed E-state index contributed by atoms with van der Waals surface area (Å²) in [5, 5.41) is 14.1. The Bertz CT molecular complexity index is 2110. The predicted molar refractivity (Wildman–Crippen MR) is 213 cm³/mol. The fourth-order valence-electron chi connectivity index (χ4n) is 6.47. The molecule has 6 rings (SSSR count). The smallest absolute Gasteiger partial charge is 0.224 e. The lowest BCUT2D eigenvalue weighted by Gasteiger charge is -2.32. The summed E-state index contributed by atoms with van der Waals surface area (Å²) < 4.78 is 23.2. The molecule has 0 saturated carbocycles. The minimum atomic E-state index is -0.452. The molecular weight excluding hydrogens is 737 g/mol. The van der Waals surface area contributed by atoms with Crippen LogP contribution in [0.15, 0.2) is 81.9 Å². The van der Waals surface area contributed by atoms with E-state index in [0.717, 1.165) is 32.6 Å². The Kier molecular flexibility index (Phi) is 14.0. The van der Waals surface area contributed by atoms with Crippen LogP contribution in [-0.4, -0.2) is 91.3 Å². The largest absolute Gasteiger partial charge is 0.490 e. The molecule has 1 fully saturated rings.